The second-order valence-corrected chi connectivity index (χ2v) is 7.23. The van der Waals surface area contributed by atoms with Gasteiger partial charge in [-0.3, -0.25) is 9.59 Å². The normalized spacial score (nSPS) is 23.7. The van der Waals surface area contributed by atoms with Crippen LogP contribution in [0.2, 0.25) is 5.02 Å². The first-order chi connectivity index (χ1) is 11.0. The second-order valence-electron chi connectivity index (χ2n) is 6.79. The van der Waals surface area contributed by atoms with Crippen molar-refractivity contribution in [1.82, 2.24) is 4.90 Å². The van der Waals surface area contributed by atoms with Crippen molar-refractivity contribution in [3.63, 3.8) is 0 Å². The Kier molecular flexibility index (Phi) is 4.62. The van der Waals surface area contributed by atoms with Crippen molar-refractivity contribution in [2.45, 2.75) is 43.9 Å². The van der Waals surface area contributed by atoms with Gasteiger partial charge in [0.25, 0.3) is 0 Å². The topological polar surface area (TPSA) is 63.4 Å². The van der Waals surface area contributed by atoms with Crippen LogP contribution in [0.1, 0.15) is 44.1 Å². The average molecular weight is 335 g/mol. The fraction of sp³-hybridized carbons (Fsp3) is 0.556. The van der Waals surface area contributed by atoms with E-state index in [0.717, 1.165) is 50.6 Å². The third-order valence-corrected chi connectivity index (χ3v) is 5.63. The Morgan fingerprint density at radius 3 is 2.39 bits per heavy atom. The van der Waals surface area contributed by atoms with Crippen molar-refractivity contribution >= 4 is 23.4 Å². The summed E-state index contributed by atoms with van der Waals surface area (Å²) >= 11 is 6.00. The molecular weight excluding hydrogens is 312 g/mol. The number of nitrogens with two attached hydrogens (primary N) is 1. The van der Waals surface area contributed by atoms with Crippen LogP contribution in [-0.2, 0) is 15.0 Å². The first-order valence-corrected chi connectivity index (χ1v) is 8.75. The zero-order valence-electron chi connectivity index (χ0n) is 13.3. The van der Waals surface area contributed by atoms with Gasteiger partial charge in [-0.2, -0.15) is 0 Å². The zero-order chi connectivity index (χ0) is 16.4. The van der Waals surface area contributed by atoms with Crippen LogP contribution in [0, 0.1) is 5.92 Å². The van der Waals surface area contributed by atoms with Crippen LogP contribution in [0.25, 0.3) is 0 Å². The Hall–Kier alpha value is -1.55. The van der Waals surface area contributed by atoms with E-state index in [1.165, 1.54) is 0 Å². The Labute approximate surface area is 142 Å². The number of hydrogen-bond donors (Lipinski definition) is 1. The molecule has 1 aliphatic carbocycles. The van der Waals surface area contributed by atoms with Crippen molar-refractivity contribution in [3.05, 3.63) is 34.9 Å². The van der Waals surface area contributed by atoms with E-state index in [1.54, 1.807) is 0 Å². The van der Waals surface area contributed by atoms with Gasteiger partial charge in [-0.25, -0.2) is 0 Å². The van der Waals surface area contributed by atoms with Crippen molar-refractivity contribution in [2.75, 3.05) is 13.1 Å². The van der Waals surface area contributed by atoms with Gasteiger partial charge in [-0.15, -0.1) is 0 Å². The minimum atomic E-state index is -0.454. The third-order valence-electron chi connectivity index (χ3n) is 5.37. The number of amides is 2. The lowest BCUT2D eigenvalue weighted by Gasteiger charge is -2.38. The first kappa shape index (κ1) is 16.3. The van der Waals surface area contributed by atoms with Gasteiger partial charge in [-0.05, 0) is 43.4 Å². The molecule has 2 aliphatic rings. The SMILES string of the molecule is NC(=O)C1CCCN(C(=O)C2(c3ccc(Cl)cc3)CCCC2)C1. The van der Waals surface area contributed by atoms with E-state index in [2.05, 4.69) is 0 Å². The molecule has 23 heavy (non-hydrogen) atoms. The molecule has 1 atom stereocenters. The summed E-state index contributed by atoms with van der Waals surface area (Å²) in [5.41, 5.74) is 6.04. The molecule has 1 unspecified atom stereocenters. The van der Waals surface area contributed by atoms with E-state index in [1.807, 2.05) is 29.2 Å². The van der Waals surface area contributed by atoms with Crippen LogP contribution < -0.4 is 5.73 Å². The van der Waals surface area contributed by atoms with Crippen LogP contribution in [-0.4, -0.2) is 29.8 Å². The van der Waals surface area contributed by atoms with Crippen molar-refractivity contribution in [2.24, 2.45) is 11.7 Å². The molecule has 1 aromatic carbocycles. The summed E-state index contributed by atoms with van der Waals surface area (Å²) in [5, 5.41) is 0.682. The summed E-state index contributed by atoms with van der Waals surface area (Å²) in [4.78, 5) is 26.7. The van der Waals surface area contributed by atoms with E-state index >= 15 is 0 Å². The van der Waals surface area contributed by atoms with Gasteiger partial charge in [0.15, 0.2) is 0 Å². The van der Waals surface area contributed by atoms with Crippen LogP contribution >= 0.6 is 11.6 Å². The zero-order valence-corrected chi connectivity index (χ0v) is 14.0. The number of hydrogen-bond acceptors (Lipinski definition) is 2. The molecule has 1 heterocycles. The number of primary amides is 1. The molecule has 2 N–H and O–H groups in total. The molecule has 0 aromatic heterocycles. The summed E-state index contributed by atoms with van der Waals surface area (Å²) in [6.07, 6.45) is 5.47. The summed E-state index contributed by atoms with van der Waals surface area (Å²) in [6, 6.07) is 7.65. The number of benzene rings is 1. The lowest BCUT2D eigenvalue weighted by Crippen LogP contribution is -2.51. The molecule has 4 nitrogen and oxygen atoms in total. The minimum Gasteiger partial charge on any atom is -0.369 e. The van der Waals surface area contributed by atoms with Gasteiger partial charge in [0, 0.05) is 18.1 Å². The molecule has 0 radical (unpaired) electrons. The highest BCUT2D eigenvalue weighted by Crippen LogP contribution is 2.43. The maximum atomic E-state index is 13.3. The van der Waals surface area contributed by atoms with Crippen molar-refractivity contribution in [3.8, 4) is 0 Å². The fourth-order valence-electron chi connectivity index (χ4n) is 4.07. The molecule has 0 bridgehead atoms. The largest absolute Gasteiger partial charge is 0.369 e. The molecule has 3 rings (SSSR count). The first-order valence-electron chi connectivity index (χ1n) is 8.38. The molecule has 1 aliphatic heterocycles. The highest BCUT2D eigenvalue weighted by atomic mass is 35.5. The van der Waals surface area contributed by atoms with Crippen molar-refractivity contribution < 1.29 is 9.59 Å². The number of halogens is 1. The summed E-state index contributed by atoms with van der Waals surface area (Å²) < 4.78 is 0. The molecule has 0 spiro atoms. The van der Waals surface area contributed by atoms with Gasteiger partial charge in [0.2, 0.25) is 11.8 Å². The molecule has 124 valence electrons. The smallest absolute Gasteiger partial charge is 0.233 e. The highest BCUT2D eigenvalue weighted by molar-refractivity contribution is 6.30. The lowest BCUT2D eigenvalue weighted by molar-refractivity contribution is -0.140. The van der Waals surface area contributed by atoms with E-state index in [0.29, 0.717) is 11.6 Å². The van der Waals surface area contributed by atoms with Crippen LogP contribution in [0.5, 0.6) is 0 Å². The number of carbonyl (C=O) groups is 2. The van der Waals surface area contributed by atoms with Gasteiger partial charge in [0.1, 0.15) is 0 Å². The molecule has 2 fully saturated rings. The summed E-state index contributed by atoms with van der Waals surface area (Å²) in [5.74, 6) is -0.353. The Balaban J connectivity index is 1.87. The number of nitrogens with zero attached hydrogens (tertiary/aromatic N) is 1. The van der Waals surface area contributed by atoms with E-state index in [-0.39, 0.29) is 17.7 Å². The Bertz CT molecular complexity index is 594. The standard InChI is InChI=1S/C18H23ClN2O2/c19-15-7-5-14(6-8-15)18(9-1-2-10-18)17(23)21-11-3-4-13(12-21)16(20)22/h5-8,13H,1-4,9-12H2,(H2,20,22). The molecular formula is C18H23ClN2O2. The average Bonchev–Trinajstić information content (AvgIpc) is 3.06. The predicted molar refractivity (Wildman–Crippen MR) is 90.1 cm³/mol. The fourth-order valence-corrected chi connectivity index (χ4v) is 4.20. The number of piperidine rings is 1. The molecule has 5 heteroatoms. The van der Waals surface area contributed by atoms with Gasteiger partial charge in [-0.1, -0.05) is 36.6 Å². The molecule has 1 saturated carbocycles. The molecule has 1 saturated heterocycles. The Morgan fingerprint density at radius 2 is 1.78 bits per heavy atom. The Morgan fingerprint density at radius 1 is 1.13 bits per heavy atom. The van der Waals surface area contributed by atoms with E-state index < -0.39 is 5.41 Å². The number of carbonyl (C=O) groups excluding carboxylic acids is 2. The quantitative estimate of drug-likeness (QED) is 0.923. The van der Waals surface area contributed by atoms with Gasteiger partial charge >= 0.3 is 0 Å². The minimum absolute atomic E-state index is 0.156. The van der Waals surface area contributed by atoms with Crippen LogP contribution in [0.3, 0.4) is 0 Å². The maximum absolute atomic E-state index is 13.3. The molecule has 2 amide bonds. The second kappa shape index (κ2) is 6.52. The monoisotopic (exact) mass is 334 g/mol. The summed E-state index contributed by atoms with van der Waals surface area (Å²) in [7, 11) is 0. The van der Waals surface area contributed by atoms with Crippen LogP contribution in [0.4, 0.5) is 0 Å². The maximum Gasteiger partial charge on any atom is 0.233 e. The van der Waals surface area contributed by atoms with Gasteiger partial charge < -0.3 is 10.6 Å². The number of likely N-dealkylation sites (tertiary alicyclic amines) is 1. The van der Waals surface area contributed by atoms with E-state index in [9.17, 15) is 9.59 Å². The number of rotatable bonds is 3. The molecule has 1 aromatic rings. The third kappa shape index (κ3) is 3.09. The van der Waals surface area contributed by atoms with E-state index in [4.69, 9.17) is 17.3 Å². The highest BCUT2D eigenvalue weighted by Gasteiger charge is 2.45. The van der Waals surface area contributed by atoms with Gasteiger partial charge in [0.05, 0.1) is 11.3 Å². The predicted octanol–water partition coefficient (Wildman–Crippen LogP) is 2.88. The lowest BCUT2D eigenvalue weighted by atomic mass is 9.77. The summed E-state index contributed by atoms with van der Waals surface area (Å²) in [6.45, 7) is 1.18. The van der Waals surface area contributed by atoms with Crippen molar-refractivity contribution in [1.29, 1.82) is 0 Å². The van der Waals surface area contributed by atoms with Crippen LogP contribution in [0.15, 0.2) is 24.3 Å².